The van der Waals surface area contributed by atoms with Gasteiger partial charge in [0.05, 0.1) is 12.3 Å². The number of anilines is 1. The van der Waals surface area contributed by atoms with E-state index in [4.69, 9.17) is 15.6 Å². The summed E-state index contributed by atoms with van der Waals surface area (Å²) in [5, 5.41) is 8.97. The molecule has 0 amide bonds. The van der Waals surface area contributed by atoms with E-state index in [1.807, 2.05) is 0 Å². The first-order chi connectivity index (χ1) is 9.33. The number of sulfonamides is 1. The molecule has 0 fully saturated rings. The van der Waals surface area contributed by atoms with E-state index in [0.29, 0.717) is 11.1 Å². The second-order valence-corrected chi connectivity index (χ2v) is 6.38. The van der Waals surface area contributed by atoms with Crippen LogP contribution in [-0.2, 0) is 14.8 Å². The number of nitrogens with one attached hydrogen (secondary N) is 1. The van der Waals surface area contributed by atoms with E-state index < -0.39 is 16.1 Å². The summed E-state index contributed by atoms with van der Waals surface area (Å²) in [5.41, 5.74) is 7.43. The molecule has 1 atom stereocenters. The van der Waals surface area contributed by atoms with Gasteiger partial charge in [0.1, 0.15) is 4.90 Å². The predicted octanol–water partition coefficient (Wildman–Crippen LogP) is 0.561. The molecular formula is C13H22N2O4S. The monoisotopic (exact) mass is 302 g/mol. The minimum Gasteiger partial charge on any atom is -0.397 e. The van der Waals surface area contributed by atoms with Crippen LogP contribution in [0.2, 0.25) is 0 Å². The normalized spacial score (nSPS) is 13.4. The molecule has 1 unspecified atom stereocenters. The van der Waals surface area contributed by atoms with Crippen LogP contribution in [0, 0.1) is 13.8 Å². The molecule has 0 saturated carbocycles. The molecule has 0 radical (unpaired) electrons. The quantitative estimate of drug-likeness (QED) is 0.639. The van der Waals surface area contributed by atoms with E-state index in [0.717, 1.165) is 0 Å². The Bertz CT molecular complexity index is 552. The lowest BCUT2D eigenvalue weighted by atomic mass is 10.1. The van der Waals surface area contributed by atoms with Gasteiger partial charge in [-0.25, -0.2) is 13.1 Å². The first-order valence-corrected chi connectivity index (χ1v) is 7.79. The molecule has 0 aliphatic heterocycles. The Hall–Kier alpha value is -1.15. The minimum absolute atomic E-state index is 0.0940. The van der Waals surface area contributed by atoms with Crippen LogP contribution in [-0.4, -0.2) is 39.9 Å². The molecule has 1 aromatic rings. The summed E-state index contributed by atoms with van der Waals surface area (Å²) in [6, 6.07) is 3.01. The van der Waals surface area contributed by atoms with Crippen molar-refractivity contribution < 1.29 is 18.3 Å². The molecule has 0 spiro atoms. The van der Waals surface area contributed by atoms with Gasteiger partial charge in [-0.15, -0.1) is 0 Å². The number of hydrogen-bond acceptors (Lipinski definition) is 5. The highest BCUT2D eigenvalue weighted by molar-refractivity contribution is 7.89. The molecule has 1 aromatic carbocycles. The van der Waals surface area contributed by atoms with Crippen molar-refractivity contribution in [3.8, 4) is 0 Å². The van der Waals surface area contributed by atoms with Gasteiger partial charge in [0.25, 0.3) is 0 Å². The fraction of sp³-hybridized carbons (Fsp3) is 0.538. The fourth-order valence-electron chi connectivity index (χ4n) is 1.98. The summed E-state index contributed by atoms with van der Waals surface area (Å²) in [6.45, 7) is 3.51. The van der Waals surface area contributed by atoms with Gasteiger partial charge in [0.2, 0.25) is 10.0 Å². The Morgan fingerprint density at radius 1 is 1.35 bits per heavy atom. The SMILES string of the molecule is COCC(CCO)NS(=O)(=O)c1c(C)ccc(C)c1N. The average molecular weight is 302 g/mol. The fourth-order valence-corrected chi connectivity index (χ4v) is 3.66. The standard InChI is InChI=1S/C13H22N2O4S/c1-9-4-5-10(2)13(12(9)14)20(17,18)15-11(6-7-16)8-19-3/h4-5,11,15-16H,6-8,14H2,1-3H3. The molecule has 114 valence electrons. The summed E-state index contributed by atoms with van der Waals surface area (Å²) in [5.74, 6) is 0. The van der Waals surface area contributed by atoms with Gasteiger partial charge in [-0.1, -0.05) is 12.1 Å². The first-order valence-electron chi connectivity index (χ1n) is 6.31. The third-order valence-corrected chi connectivity index (χ3v) is 4.77. The van der Waals surface area contributed by atoms with Gasteiger partial charge in [0, 0.05) is 19.8 Å². The maximum Gasteiger partial charge on any atom is 0.243 e. The second-order valence-electron chi connectivity index (χ2n) is 4.73. The first kappa shape index (κ1) is 16.9. The van der Waals surface area contributed by atoms with Crippen LogP contribution in [0.15, 0.2) is 17.0 Å². The molecule has 0 aliphatic carbocycles. The highest BCUT2D eigenvalue weighted by Crippen LogP contribution is 2.26. The Kier molecular flexibility index (Phi) is 5.94. The van der Waals surface area contributed by atoms with Gasteiger partial charge in [0.15, 0.2) is 0 Å². The maximum absolute atomic E-state index is 12.5. The van der Waals surface area contributed by atoms with Gasteiger partial charge in [-0.05, 0) is 31.4 Å². The smallest absolute Gasteiger partial charge is 0.243 e. The number of methoxy groups -OCH3 is 1. The van der Waals surface area contributed by atoms with Gasteiger partial charge < -0.3 is 15.6 Å². The molecule has 6 nitrogen and oxygen atoms in total. The number of aryl methyl sites for hydroxylation is 2. The van der Waals surface area contributed by atoms with Crippen LogP contribution < -0.4 is 10.5 Å². The summed E-state index contributed by atoms with van der Waals surface area (Å²) in [7, 11) is -2.28. The van der Waals surface area contributed by atoms with E-state index in [1.54, 1.807) is 26.0 Å². The van der Waals surface area contributed by atoms with E-state index in [9.17, 15) is 8.42 Å². The molecule has 0 saturated heterocycles. The summed E-state index contributed by atoms with van der Waals surface area (Å²) >= 11 is 0. The van der Waals surface area contributed by atoms with Crippen molar-refractivity contribution in [2.75, 3.05) is 26.1 Å². The molecule has 7 heteroatoms. The van der Waals surface area contributed by atoms with E-state index in [1.165, 1.54) is 7.11 Å². The van der Waals surface area contributed by atoms with Gasteiger partial charge in [-0.2, -0.15) is 0 Å². The second kappa shape index (κ2) is 7.03. The van der Waals surface area contributed by atoms with Gasteiger partial charge in [-0.3, -0.25) is 0 Å². The minimum atomic E-state index is -3.75. The number of nitrogen functional groups attached to an aromatic ring is 1. The van der Waals surface area contributed by atoms with Gasteiger partial charge >= 0.3 is 0 Å². The topological polar surface area (TPSA) is 102 Å². The molecule has 1 rings (SSSR count). The van der Waals surface area contributed by atoms with E-state index in [2.05, 4.69) is 4.72 Å². The van der Waals surface area contributed by atoms with Crippen LogP contribution in [0.25, 0.3) is 0 Å². The van der Waals surface area contributed by atoms with Crippen molar-refractivity contribution in [2.24, 2.45) is 0 Å². The molecule has 0 bridgehead atoms. The number of rotatable bonds is 7. The number of benzene rings is 1. The third-order valence-electron chi connectivity index (χ3n) is 3.05. The number of aliphatic hydroxyl groups is 1. The van der Waals surface area contributed by atoms with Crippen LogP contribution >= 0.6 is 0 Å². The summed E-state index contributed by atoms with van der Waals surface area (Å²) < 4.78 is 32.4. The zero-order chi connectivity index (χ0) is 15.3. The number of nitrogens with two attached hydrogens (primary N) is 1. The molecule has 0 aliphatic rings. The molecule has 4 N–H and O–H groups in total. The summed E-state index contributed by atoms with van der Waals surface area (Å²) in [6.07, 6.45) is 0.276. The van der Waals surface area contributed by atoms with Crippen molar-refractivity contribution in [3.63, 3.8) is 0 Å². The van der Waals surface area contributed by atoms with Crippen molar-refractivity contribution in [1.82, 2.24) is 4.72 Å². The van der Waals surface area contributed by atoms with E-state index in [-0.39, 0.29) is 30.2 Å². The van der Waals surface area contributed by atoms with Crippen LogP contribution in [0.4, 0.5) is 5.69 Å². The number of hydrogen-bond donors (Lipinski definition) is 3. The highest BCUT2D eigenvalue weighted by Gasteiger charge is 2.24. The lowest BCUT2D eigenvalue weighted by molar-refractivity contribution is 0.158. The molecule has 0 heterocycles. The largest absolute Gasteiger partial charge is 0.397 e. The number of ether oxygens (including phenoxy) is 1. The van der Waals surface area contributed by atoms with Crippen molar-refractivity contribution in [2.45, 2.75) is 31.2 Å². The molecular weight excluding hydrogens is 280 g/mol. The van der Waals surface area contributed by atoms with Crippen LogP contribution in [0.3, 0.4) is 0 Å². The predicted molar refractivity (Wildman–Crippen MR) is 78.0 cm³/mol. The Labute approximate surface area is 120 Å². The molecule has 0 aromatic heterocycles. The lowest BCUT2D eigenvalue weighted by Crippen LogP contribution is -2.39. The maximum atomic E-state index is 12.5. The average Bonchev–Trinajstić information content (AvgIpc) is 2.34. The van der Waals surface area contributed by atoms with Crippen molar-refractivity contribution >= 4 is 15.7 Å². The lowest BCUT2D eigenvalue weighted by Gasteiger charge is -2.19. The third kappa shape index (κ3) is 3.92. The van der Waals surface area contributed by atoms with Crippen LogP contribution in [0.1, 0.15) is 17.5 Å². The number of aliphatic hydroxyl groups excluding tert-OH is 1. The Morgan fingerprint density at radius 3 is 2.50 bits per heavy atom. The van der Waals surface area contributed by atoms with Crippen molar-refractivity contribution in [1.29, 1.82) is 0 Å². The zero-order valence-corrected chi connectivity index (χ0v) is 12.8. The molecule has 20 heavy (non-hydrogen) atoms. The Balaban J connectivity index is 3.13. The van der Waals surface area contributed by atoms with Crippen molar-refractivity contribution in [3.05, 3.63) is 23.3 Å². The summed E-state index contributed by atoms with van der Waals surface area (Å²) in [4.78, 5) is 0.0940. The zero-order valence-electron chi connectivity index (χ0n) is 12.0. The Morgan fingerprint density at radius 2 is 1.95 bits per heavy atom. The highest BCUT2D eigenvalue weighted by atomic mass is 32.2. The van der Waals surface area contributed by atoms with Crippen LogP contribution in [0.5, 0.6) is 0 Å². The van der Waals surface area contributed by atoms with E-state index >= 15 is 0 Å².